The zero-order valence-electron chi connectivity index (χ0n) is 10.7. The van der Waals surface area contributed by atoms with Crippen molar-refractivity contribution in [2.24, 2.45) is 5.92 Å². The highest BCUT2D eigenvalue weighted by atomic mass is 16.5. The van der Waals surface area contributed by atoms with Crippen LogP contribution in [0, 0.1) is 5.92 Å². The van der Waals surface area contributed by atoms with Crippen LogP contribution in [0.1, 0.15) is 31.4 Å². The van der Waals surface area contributed by atoms with Crippen LogP contribution in [0.5, 0.6) is 0 Å². The minimum atomic E-state index is 0.425. The molecule has 1 fully saturated rings. The normalized spacial score (nSPS) is 22.6. The summed E-state index contributed by atoms with van der Waals surface area (Å²) in [6, 6.07) is 0.425. The molecule has 96 valence electrons. The monoisotopic (exact) mass is 238 g/mol. The molecule has 17 heavy (non-hydrogen) atoms. The Hall–Kier alpha value is -0.870. The van der Waals surface area contributed by atoms with Crippen LogP contribution >= 0.6 is 0 Å². The third-order valence-electron chi connectivity index (χ3n) is 3.32. The summed E-state index contributed by atoms with van der Waals surface area (Å²) >= 11 is 0. The van der Waals surface area contributed by atoms with Crippen molar-refractivity contribution in [3.05, 3.63) is 17.8 Å². The van der Waals surface area contributed by atoms with E-state index < -0.39 is 0 Å². The number of oxazole rings is 1. The van der Waals surface area contributed by atoms with Crippen molar-refractivity contribution >= 4 is 0 Å². The summed E-state index contributed by atoms with van der Waals surface area (Å²) in [6.45, 7) is 3.90. The molecule has 1 N–H and O–H groups in total. The molecule has 0 spiro atoms. The molecule has 0 saturated carbocycles. The van der Waals surface area contributed by atoms with Gasteiger partial charge in [0.05, 0.1) is 6.20 Å². The van der Waals surface area contributed by atoms with Gasteiger partial charge in [0.25, 0.3) is 0 Å². The standard InChI is InChI=1S/C13H22N2O2/c1-10(14-2)6-12-8-15-13(17-12)7-11-4-3-5-16-9-11/h8,10-11,14H,3-7,9H2,1-2H3. The first-order valence-corrected chi connectivity index (χ1v) is 6.46. The maximum atomic E-state index is 5.75. The number of nitrogens with one attached hydrogen (secondary N) is 1. The Balaban J connectivity index is 1.84. The molecule has 2 rings (SSSR count). The van der Waals surface area contributed by atoms with Gasteiger partial charge in [0.2, 0.25) is 0 Å². The van der Waals surface area contributed by atoms with Gasteiger partial charge in [0.15, 0.2) is 5.89 Å². The average molecular weight is 238 g/mol. The van der Waals surface area contributed by atoms with E-state index in [0.29, 0.717) is 12.0 Å². The van der Waals surface area contributed by atoms with E-state index in [1.54, 1.807) is 0 Å². The molecular weight excluding hydrogens is 216 g/mol. The number of nitrogens with zero attached hydrogens (tertiary/aromatic N) is 1. The fourth-order valence-corrected chi connectivity index (χ4v) is 2.16. The van der Waals surface area contributed by atoms with Gasteiger partial charge in [-0.15, -0.1) is 0 Å². The number of likely N-dealkylation sites (N-methyl/N-ethyl adjacent to an activating group) is 1. The Bertz CT molecular complexity index is 332. The maximum Gasteiger partial charge on any atom is 0.194 e. The van der Waals surface area contributed by atoms with Gasteiger partial charge in [-0.05, 0) is 32.7 Å². The van der Waals surface area contributed by atoms with Crippen LogP contribution in [0.15, 0.2) is 10.6 Å². The van der Waals surface area contributed by atoms with Crippen molar-refractivity contribution in [2.75, 3.05) is 20.3 Å². The lowest BCUT2D eigenvalue weighted by molar-refractivity contribution is 0.0525. The summed E-state index contributed by atoms with van der Waals surface area (Å²) in [6.07, 6.45) is 6.05. The predicted octanol–water partition coefficient (Wildman–Crippen LogP) is 1.79. The van der Waals surface area contributed by atoms with Crippen molar-refractivity contribution in [2.45, 2.75) is 38.6 Å². The van der Waals surface area contributed by atoms with Gasteiger partial charge < -0.3 is 14.5 Å². The van der Waals surface area contributed by atoms with Crippen LogP contribution in [-0.4, -0.2) is 31.3 Å². The minimum Gasteiger partial charge on any atom is -0.446 e. The Kier molecular flexibility index (Phi) is 4.57. The second-order valence-electron chi connectivity index (χ2n) is 4.90. The molecule has 0 radical (unpaired) electrons. The van der Waals surface area contributed by atoms with E-state index in [0.717, 1.165) is 44.1 Å². The molecular formula is C13H22N2O2. The minimum absolute atomic E-state index is 0.425. The van der Waals surface area contributed by atoms with Crippen LogP contribution < -0.4 is 5.32 Å². The third-order valence-corrected chi connectivity index (χ3v) is 3.32. The molecule has 4 heteroatoms. The quantitative estimate of drug-likeness (QED) is 0.849. The number of rotatable bonds is 5. The van der Waals surface area contributed by atoms with E-state index in [1.807, 2.05) is 13.2 Å². The van der Waals surface area contributed by atoms with Crippen LogP contribution in [0.4, 0.5) is 0 Å². The molecule has 0 bridgehead atoms. The molecule has 1 aliphatic heterocycles. The molecule has 1 aliphatic rings. The fourth-order valence-electron chi connectivity index (χ4n) is 2.16. The SMILES string of the molecule is CNC(C)Cc1cnc(CC2CCCOC2)o1. The number of ether oxygens (including phenoxy) is 1. The van der Waals surface area contributed by atoms with Crippen molar-refractivity contribution in [1.29, 1.82) is 0 Å². The topological polar surface area (TPSA) is 47.3 Å². The van der Waals surface area contributed by atoms with Crippen LogP contribution in [0.2, 0.25) is 0 Å². The Labute approximate surface area is 103 Å². The number of aromatic nitrogens is 1. The fraction of sp³-hybridized carbons (Fsp3) is 0.769. The Morgan fingerprint density at radius 3 is 3.18 bits per heavy atom. The zero-order valence-corrected chi connectivity index (χ0v) is 10.7. The van der Waals surface area contributed by atoms with Crippen LogP contribution in [0.3, 0.4) is 0 Å². The smallest absolute Gasteiger partial charge is 0.194 e. The summed E-state index contributed by atoms with van der Waals surface area (Å²) in [4.78, 5) is 4.35. The first-order valence-electron chi connectivity index (χ1n) is 6.46. The van der Waals surface area contributed by atoms with Crippen molar-refractivity contribution in [3.63, 3.8) is 0 Å². The first kappa shape index (κ1) is 12.6. The van der Waals surface area contributed by atoms with Gasteiger partial charge in [-0.1, -0.05) is 0 Å². The molecule has 0 aromatic carbocycles. The maximum absolute atomic E-state index is 5.75. The molecule has 1 saturated heterocycles. The molecule has 1 aromatic rings. The van der Waals surface area contributed by atoms with Gasteiger partial charge in [0.1, 0.15) is 5.76 Å². The predicted molar refractivity (Wildman–Crippen MR) is 66.0 cm³/mol. The number of hydrogen-bond acceptors (Lipinski definition) is 4. The molecule has 1 aromatic heterocycles. The highest BCUT2D eigenvalue weighted by Crippen LogP contribution is 2.19. The highest BCUT2D eigenvalue weighted by molar-refractivity contribution is 4.97. The summed E-state index contributed by atoms with van der Waals surface area (Å²) in [5.74, 6) is 2.41. The number of hydrogen-bond donors (Lipinski definition) is 1. The average Bonchev–Trinajstić information content (AvgIpc) is 2.77. The van der Waals surface area contributed by atoms with Crippen LogP contribution in [0.25, 0.3) is 0 Å². The third kappa shape index (κ3) is 3.82. The molecule has 2 heterocycles. The molecule has 4 nitrogen and oxygen atoms in total. The van der Waals surface area contributed by atoms with E-state index in [2.05, 4.69) is 17.2 Å². The Morgan fingerprint density at radius 1 is 1.59 bits per heavy atom. The molecule has 2 atom stereocenters. The highest BCUT2D eigenvalue weighted by Gasteiger charge is 2.17. The van der Waals surface area contributed by atoms with Crippen molar-refractivity contribution < 1.29 is 9.15 Å². The van der Waals surface area contributed by atoms with Gasteiger partial charge in [-0.2, -0.15) is 0 Å². The van der Waals surface area contributed by atoms with Gasteiger partial charge in [-0.3, -0.25) is 0 Å². The Morgan fingerprint density at radius 2 is 2.47 bits per heavy atom. The first-order chi connectivity index (χ1) is 8.28. The second kappa shape index (κ2) is 6.17. The zero-order chi connectivity index (χ0) is 12.1. The lowest BCUT2D eigenvalue weighted by Gasteiger charge is -2.20. The van der Waals surface area contributed by atoms with Crippen molar-refractivity contribution in [1.82, 2.24) is 10.3 Å². The lowest BCUT2D eigenvalue weighted by atomic mass is 9.99. The van der Waals surface area contributed by atoms with Crippen molar-refractivity contribution in [3.8, 4) is 0 Å². The summed E-state index contributed by atoms with van der Waals surface area (Å²) in [5.41, 5.74) is 0. The van der Waals surface area contributed by atoms with Crippen LogP contribution in [-0.2, 0) is 17.6 Å². The van der Waals surface area contributed by atoms with E-state index in [1.165, 1.54) is 6.42 Å². The second-order valence-corrected chi connectivity index (χ2v) is 4.90. The van der Waals surface area contributed by atoms with E-state index >= 15 is 0 Å². The molecule has 0 amide bonds. The van der Waals surface area contributed by atoms with Gasteiger partial charge in [-0.25, -0.2) is 4.98 Å². The lowest BCUT2D eigenvalue weighted by Crippen LogP contribution is -2.23. The van der Waals surface area contributed by atoms with Gasteiger partial charge >= 0.3 is 0 Å². The largest absolute Gasteiger partial charge is 0.446 e. The molecule has 2 unspecified atom stereocenters. The summed E-state index contributed by atoms with van der Waals surface area (Å²) < 4.78 is 11.2. The van der Waals surface area contributed by atoms with E-state index in [9.17, 15) is 0 Å². The van der Waals surface area contributed by atoms with Gasteiger partial charge in [0, 0.05) is 32.1 Å². The van der Waals surface area contributed by atoms with E-state index in [4.69, 9.17) is 9.15 Å². The summed E-state index contributed by atoms with van der Waals surface area (Å²) in [7, 11) is 1.96. The van der Waals surface area contributed by atoms with E-state index in [-0.39, 0.29) is 0 Å². The summed E-state index contributed by atoms with van der Waals surface area (Å²) in [5, 5.41) is 3.20. The molecule has 0 aliphatic carbocycles.